The first-order valence-electron chi connectivity index (χ1n) is 6.82. The van der Waals surface area contributed by atoms with Crippen molar-refractivity contribution in [3.8, 4) is 5.75 Å². The highest BCUT2D eigenvalue weighted by Gasteiger charge is 2.40. The lowest BCUT2D eigenvalue weighted by Gasteiger charge is -2.16. The predicted molar refractivity (Wildman–Crippen MR) is 94.7 cm³/mol. The molecular weight excluding hydrogens is 373 g/mol. The Labute approximate surface area is 153 Å². The zero-order valence-electron chi connectivity index (χ0n) is 12.3. The Morgan fingerprint density at radius 2 is 1.71 bits per heavy atom. The fraction of sp³-hybridized carbons (Fsp3) is 0.0588. The van der Waals surface area contributed by atoms with Crippen molar-refractivity contribution in [1.82, 2.24) is 0 Å². The van der Waals surface area contributed by atoms with Crippen molar-refractivity contribution in [2.24, 2.45) is 0 Å². The summed E-state index contributed by atoms with van der Waals surface area (Å²) in [4.78, 5) is 26.3. The normalized spacial score (nSPS) is 14.6. The Morgan fingerprint density at radius 1 is 0.958 bits per heavy atom. The molecule has 0 N–H and O–H groups in total. The number of amides is 2. The van der Waals surface area contributed by atoms with Crippen molar-refractivity contribution >= 4 is 57.9 Å². The molecule has 0 bridgehead atoms. The van der Waals surface area contributed by atoms with E-state index in [1.54, 1.807) is 36.4 Å². The van der Waals surface area contributed by atoms with Gasteiger partial charge < -0.3 is 4.74 Å². The van der Waals surface area contributed by atoms with Gasteiger partial charge in [0.05, 0.1) is 23.4 Å². The van der Waals surface area contributed by atoms with Gasteiger partial charge in [-0.25, -0.2) is 4.90 Å². The van der Waals surface area contributed by atoms with Crippen molar-refractivity contribution in [3.05, 3.63) is 63.1 Å². The number of carbonyl (C=O) groups is 2. The van der Waals surface area contributed by atoms with E-state index in [1.807, 2.05) is 0 Å². The lowest BCUT2D eigenvalue weighted by molar-refractivity contribution is -0.119. The molecule has 2 aromatic rings. The molecule has 24 heavy (non-hydrogen) atoms. The topological polar surface area (TPSA) is 46.6 Å². The molecule has 1 aliphatic rings. The van der Waals surface area contributed by atoms with Gasteiger partial charge in [0.2, 0.25) is 0 Å². The summed E-state index contributed by atoms with van der Waals surface area (Å²) in [7, 11) is 1.50. The van der Waals surface area contributed by atoms with Crippen LogP contribution in [0.3, 0.4) is 0 Å². The molecule has 7 heteroatoms. The predicted octanol–water partition coefficient (Wildman–Crippen LogP) is 4.53. The molecule has 1 heterocycles. The summed E-state index contributed by atoms with van der Waals surface area (Å²) in [5.74, 6) is -0.652. The number of ether oxygens (including phenoxy) is 1. The van der Waals surface area contributed by atoms with Crippen molar-refractivity contribution in [2.75, 3.05) is 12.0 Å². The van der Waals surface area contributed by atoms with Gasteiger partial charge in [-0.15, -0.1) is 0 Å². The summed E-state index contributed by atoms with van der Waals surface area (Å²) < 4.78 is 5.12. The quantitative estimate of drug-likeness (QED) is 0.733. The van der Waals surface area contributed by atoms with Crippen LogP contribution in [0.4, 0.5) is 5.69 Å². The average molecular weight is 383 g/mol. The molecule has 2 aromatic carbocycles. The molecule has 0 aromatic heterocycles. The Morgan fingerprint density at radius 3 is 2.38 bits per heavy atom. The average Bonchev–Trinajstić information content (AvgIpc) is 2.78. The number of halogens is 3. The Bertz CT molecular complexity index is 892. The first kappa shape index (κ1) is 16.8. The molecule has 1 aliphatic heterocycles. The first-order valence-corrected chi connectivity index (χ1v) is 7.95. The van der Waals surface area contributed by atoms with Gasteiger partial charge in [-0.05, 0) is 24.3 Å². The highest BCUT2D eigenvalue weighted by atomic mass is 35.5. The smallest absolute Gasteiger partial charge is 0.277 e. The third-order valence-corrected chi connectivity index (χ3v) is 4.44. The van der Waals surface area contributed by atoms with Crippen molar-refractivity contribution in [2.45, 2.75) is 0 Å². The third kappa shape index (κ3) is 2.77. The highest BCUT2D eigenvalue weighted by Crippen LogP contribution is 2.38. The van der Waals surface area contributed by atoms with Crippen LogP contribution in [0.2, 0.25) is 10.0 Å². The van der Waals surface area contributed by atoms with Crippen LogP contribution in [0.5, 0.6) is 5.75 Å². The van der Waals surface area contributed by atoms with E-state index in [-0.39, 0.29) is 15.6 Å². The van der Waals surface area contributed by atoms with Crippen LogP contribution in [0.25, 0.3) is 5.57 Å². The number of nitrogens with zero attached hydrogens (tertiary/aromatic N) is 1. The summed E-state index contributed by atoms with van der Waals surface area (Å²) in [6.45, 7) is 0. The molecule has 0 saturated heterocycles. The van der Waals surface area contributed by atoms with E-state index < -0.39 is 11.8 Å². The fourth-order valence-electron chi connectivity index (χ4n) is 2.41. The van der Waals surface area contributed by atoms with E-state index in [9.17, 15) is 9.59 Å². The monoisotopic (exact) mass is 381 g/mol. The second-order valence-corrected chi connectivity index (χ2v) is 6.18. The van der Waals surface area contributed by atoms with E-state index in [4.69, 9.17) is 39.5 Å². The minimum atomic E-state index is -0.615. The van der Waals surface area contributed by atoms with Gasteiger partial charge in [0, 0.05) is 16.7 Å². The molecule has 4 nitrogen and oxygen atoms in total. The maximum Gasteiger partial charge on any atom is 0.277 e. The van der Waals surface area contributed by atoms with Crippen LogP contribution in [-0.4, -0.2) is 18.9 Å². The van der Waals surface area contributed by atoms with Crippen LogP contribution in [0.15, 0.2) is 47.5 Å². The summed E-state index contributed by atoms with van der Waals surface area (Å²) in [6.07, 6.45) is 0. The number of rotatable bonds is 3. The van der Waals surface area contributed by atoms with Crippen LogP contribution in [0.1, 0.15) is 5.56 Å². The number of imide groups is 1. The molecule has 122 valence electrons. The summed E-state index contributed by atoms with van der Waals surface area (Å²) in [5.41, 5.74) is 0.767. The van der Waals surface area contributed by atoms with Crippen molar-refractivity contribution < 1.29 is 14.3 Å². The standard InChI is InChI=1S/C17H10Cl3NO3/c1-24-11-4-2-3-10(8-11)21-16(22)14(15(20)17(21)23)12-6-5-9(18)7-13(12)19/h2-8H,1H3. The van der Waals surface area contributed by atoms with Crippen LogP contribution in [-0.2, 0) is 9.59 Å². The van der Waals surface area contributed by atoms with E-state index >= 15 is 0 Å². The van der Waals surface area contributed by atoms with E-state index in [0.29, 0.717) is 22.0 Å². The highest BCUT2D eigenvalue weighted by molar-refractivity contribution is 6.60. The molecule has 0 aliphatic carbocycles. The molecule has 3 rings (SSSR count). The number of hydrogen-bond acceptors (Lipinski definition) is 3. The molecular formula is C17H10Cl3NO3. The van der Waals surface area contributed by atoms with Crippen molar-refractivity contribution in [1.29, 1.82) is 0 Å². The van der Waals surface area contributed by atoms with E-state index in [0.717, 1.165) is 4.90 Å². The molecule has 2 amide bonds. The first-order chi connectivity index (χ1) is 11.4. The summed E-state index contributed by atoms with van der Waals surface area (Å²) in [6, 6.07) is 11.2. The van der Waals surface area contributed by atoms with Crippen LogP contribution >= 0.6 is 34.8 Å². The lowest BCUT2D eigenvalue weighted by atomic mass is 10.1. The largest absolute Gasteiger partial charge is 0.497 e. The minimum absolute atomic E-state index is 0.0474. The number of carbonyl (C=O) groups excluding carboxylic acids is 2. The lowest BCUT2D eigenvalue weighted by Crippen LogP contribution is -2.31. The Hall–Kier alpha value is -2.01. The summed E-state index contributed by atoms with van der Waals surface area (Å²) >= 11 is 18.2. The molecule has 0 atom stereocenters. The molecule has 0 fully saturated rings. The van der Waals surface area contributed by atoms with E-state index in [2.05, 4.69) is 0 Å². The van der Waals surface area contributed by atoms with Gasteiger partial charge in [-0.1, -0.05) is 46.9 Å². The third-order valence-electron chi connectivity index (χ3n) is 3.54. The van der Waals surface area contributed by atoms with Gasteiger partial charge in [0.15, 0.2) is 0 Å². The second-order valence-electron chi connectivity index (χ2n) is 4.96. The molecule has 0 radical (unpaired) electrons. The van der Waals surface area contributed by atoms with Gasteiger partial charge in [-0.3, -0.25) is 9.59 Å². The second kappa shape index (κ2) is 6.48. The van der Waals surface area contributed by atoms with Gasteiger partial charge in [0.25, 0.3) is 11.8 Å². The summed E-state index contributed by atoms with van der Waals surface area (Å²) in [5, 5.41) is 0.471. The van der Waals surface area contributed by atoms with Gasteiger partial charge >= 0.3 is 0 Å². The van der Waals surface area contributed by atoms with E-state index in [1.165, 1.54) is 13.2 Å². The zero-order chi connectivity index (χ0) is 17.4. The number of anilines is 1. The fourth-order valence-corrected chi connectivity index (χ4v) is 3.18. The number of benzene rings is 2. The van der Waals surface area contributed by atoms with Crippen LogP contribution < -0.4 is 9.64 Å². The maximum absolute atomic E-state index is 12.8. The maximum atomic E-state index is 12.8. The Kier molecular flexibility index (Phi) is 4.54. The van der Waals surface area contributed by atoms with Crippen molar-refractivity contribution in [3.63, 3.8) is 0 Å². The van der Waals surface area contributed by atoms with Gasteiger partial charge in [0.1, 0.15) is 10.8 Å². The molecule has 0 unspecified atom stereocenters. The molecule has 0 saturated carbocycles. The van der Waals surface area contributed by atoms with Gasteiger partial charge in [-0.2, -0.15) is 0 Å². The number of hydrogen-bond donors (Lipinski definition) is 0. The zero-order valence-corrected chi connectivity index (χ0v) is 14.6. The van der Waals surface area contributed by atoms with Crippen LogP contribution in [0, 0.1) is 0 Å². The Balaban J connectivity index is 2.07. The SMILES string of the molecule is COc1cccc(N2C(=O)C(Cl)=C(c3ccc(Cl)cc3Cl)C2=O)c1. The minimum Gasteiger partial charge on any atom is -0.497 e. The number of methoxy groups -OCH3 is 1. The molecule has 0 spiro atoms.